The van der Waals surface area contributed by atoms with Crippen molar-refractivity contribution in [1.82, 2.24) is 19.8 Å². The molecule has 2 aromatic rings. The Balaban J connectivity index is 1.64. The average Bonchev–Trinajstić information content (AvgIpc) is 3.19. The summed E-state index contributed by atoms with van der Waals surface area (Å²) < 4.78 is 7.14. The smallest absolute Gasteiger partial charge is 0.323 e. The third-order valence-corrected chi connectivity index (χ3v) is 11.3. The number of hydrogen-bond acceptors (Lipinski definition) is 6. The van der Waals surface area contributed by atoms with Gasteiger partial charge in [0.25, 0.3) is 0 Å². The molecule has 10 heteroatoms. The standard InChI is InChI=1S/C27H44BN5O3Si/c1-20(15-27(2,3)37(5,6)35)26-31-24(17-32(26)4)22-10-8-21(9-11-22)14-23(30-19-36-28)16-29-25(34)18-33-12-7-13-33/h8-11,17,19-20,23,35H,7,12-16,18,28H2,1-6H3,(H,29,34). The van der Waals surface area contributed by atoms with Crippen LogP contribution < -0.4 is 5.32 Å². The van der Waals surface area contributed by atoms with E-state index in [2.05, 4.69) is 71.0 Å². The van der Waals surface area contributed by atoms with E-state index in [0.29, 0.717) is 19.5 Å². The van der Waals surface area contributed by atoms with Crippen LogP contribution in [0.3, 0.4) is 0 Å². The molecule has 2 heterocycles. The van der Waals surface area contributed by atoms with Crippen molar-refractivity contribution in [3.05, 3.63) is 41.9 Å². The van der Waals surface area contributed by atoms with Gasteiger partial charge in [0.2, 0.25) is 5.91 Å². The van der Waals surface area contributed by atoms with Crippen molar-refractivity contribution >= 4 is 28.7 Å². The first-order valence-electron chi connectivity index (χ1n) is 13.3. The lowest BCUT2D eigenvalue weighted by atomic mass is 9.97. The van der Waals surface area contributed by atoms with Crippen LogP contribution in [-0.4, -0.2) is 80.1 Å². The van der Waals surface area contributed by atoms with Crippen LogP contribution in [0.15, 0.2) is 35.5 Å². The van der Waals surface area contributed by atoms with E-state index in [1.54, 1.807) is 8.05 Å². The summed E-state index contributed by atoms with van der Waals surface area (Å²) in [4.78, 5) is 34.5. The Labute approximate surface area is 224 Å². The molecular formula is C27H44BN5O3Si. The molecule has 1 aromatic carbocycles. The predicted molar refractivity (Wildman–Crippen MR) is 155 cm³/mol. The molecule has 1 amide bonds. The average molecular weight is 526 g/mol. The molecule has 202 valence electrons. The summed E-state index contributed by atoms with van der Waals surface area (Å²) in [6, 6.07) is 8.30. The van der Waals surface area contributed by atoms with Crippen LogP contribution in [0.2, 0.25) is 18.1 Å². The molecule has 2 N–H and O–H groups in total. The number of rotatable bonds is 13. The second-order valence-corrected chi connectivity index (χ2v) is 16.1. The molecule has 8 nitrogen and oxygen atoms in total. The Morgan fingerprint density at radius 1 is 1.32 bits per heavy atom. The third kappa shape index (κ3) is 8.03. The predicted octanol–water partition coefficient (Wildman–Crippen LogP) is 2.88. The van der Waals surface area contributed by atoms with Gasteiger partial charge in [-0.2, -0.15) is 0 Å². The van der Waals surface area contributed by atoms with Crippen molar-refractivity contribution in [3.8, 4) is 11.3 Å². The number of aryl methyl sites for hydroxylation is 1. The van der Waals surface area contributed by atoms with E-state index in [1.165, 1.54) is 12.8 Å². The normalized spacial score (nSPS) is 16.4. The number of carbonyl (C=O) groups excluding carboxylic acids is 1. The van der Waals surface area contributed by atoms with E-state index < -0.39 is 8.32 Å². The van der Waals surface area contributed by atoms with Gasteiger partial charge in [0.15, 0.2) is 14.7 Å². The van der Waals surface area contributed by atoms with E-state index in [1.807, 2.05) is 20.1 Å². The fraction of sp³-hybridized carbons (Fsp3) is 0.593. The Kier molecular flexibility index (Phi) is 9.77. The van der Waals surface area contributed by atoms with Gasteiger partial charge >= 0.3 is 8.05 Å². The molecule has 1 aromatic heterocycles. The second-order valence-electron chi connectivity index (χ2n) is 11.6. The van der Waals surface area contributed by atoms with Crippen LogP contribution in [-0.2, 0) is 22.9 Å². The fourth-order valence-corrected chi connectivity index (χ4v) is 5.43. The monoisotopic (exact) mass is 525 g/mol. The molecule has 0 bridgehead atoms. The van der Waals surface area contributed by atoms with Gasteiger partial charge in [-0.15, -0.1) is 0 Å². The van der Waals surface area contributed by atoms with E-state index in [0.717, 1.165) is 42.2 Å². The Bertz CT molecular complexity index is 1060. The second kappa shape index (κ2) is 12.4. The minimum atomic E-state index is -2.28. The summed E-state index contributed by atoms with van der Waals surface area (Å²) in [7, 11) is 1.34. The summed E-state index contributed by atoms with van der Waals surface area (Å²) in [5, 5.41) is 2.92. The maximum Gasteiger partial charge on any atom is 0.323 e. The number of aliphatic imine (C=N–C) groups is 1. The summed E-state index contributed by atoms with van der Waals surface area (Å²) in [5.74, 6) is 1.32. The Hall–Kier alpha value is -2.43. The van der Waals surface area contributed by atoms with Crippen molar-refractivity contribution < 1.29 is 14.2 Å². The van der Waals surface area contributed by atoms with E-state index in [4.69, 9.17) is 9.64 Å². The molecule has 0 radical (unpaired) electrons. The van der Waals surface area contributed by atoms with Crippen LogP contribution in [0.1, 0.15) is 50.9 Å². The van der Waals surface area contributed by atoms with Crippen molar-refractivity contribution in [1.29, 1.82) is 0 Å². The van der Waals surface area contributed by atoms with E-state index >= 15 is 0 Å². The van der Waals surface area contributed by atoms with E-state index in [9.17, 15) is 9.59 Å². The SMILES string of the molecule is BOC=NC(CNC(=O)CN1CCC1)Cc1ccc(-c2cn(C)c(C(C)CC(C)(C)[Si](C)(C)O)n2)cc1. The van der Waals surface area contributed by atoms with Crippen molar-refractivity contribution in [2.24, 2.45) is 12.0 Å². The number of nitrogens with one attached hydrogen (secondary N) is 1. The van der Waals surface area contributed by atoms with E-state index in [-0.39, 0.29) is 22.9 Å². The van der Waals surface area contributed by atoms with Gasteiger partial charge in [-0.1, -0.05) is 45.0 Å². The molecule has 3 rings (SSSR count). The third-order valence-electron chi connectivity index (χ3n) is 7.77. The van der Waals surface area contributed by atoms with Gasteiger partial charge in [-0.3, -0.25) is 14.7 Å². The summed E-state index contributed by atoms with van der Waals surface area (Å²) in [6.07, 6.45) is 6.28. The number of carbonyl (C=O) groups is 1. The lowest BCUT2D eigenvalue weighted by Crippen LogP contribution is -2.45. The first-order valence-corrected chi connectivity index (χ1v) is 16.2. The van der Waals surface area contributed by atoms with Gasteiger partial charge in [0, 0.05) is 31.3 Å². The molecule has 0 saturated carbocycles. The molecule has 0 aliphatic carbocycles. The summed E-state index contributed by atoms with van der Waals surface area (Å²) >= 11 is 0. The molecule has 37 heavy (non-hydrogen) atoms. The van der Waals surface area contributed by atoms with Crippen LogP contribution in [0.25, 0.3) is 11.3 Å². The van der Waals surface area contributed by atoms with Gasteiger partial charge in [0.1, 0.15) is 5.82 Å². The quantitative estimate of drug-likeness (QED) is 0.238. The van der Waals surface area contributed by atoms with Crippen LogP contribution in [0.5, 0.6) is 0 Å². The number of amides is 1. The van der Waals surface area contributed by atoms with Gasteiger partial charge in [-0.25, -0.2) is 4.98 Å². The highest BCUT2D eigenvalue weighted by Gasteiger charge is 2.39. The Morgan fingerprint density at radius 2 is 2.00 bits per heavy atom. The molecule has 1 fully saturated rings. The minimum Gasteiger partial charge on any atom is -0.560 e. The molecule has 1 aliphatic heterocycles. The zero-order chi connectivity index (χ0) is 27.2. The molecule has 1 aliphatic rings. The minimum absolute atomic E-state index is 0.0427. The highest BCUT2D eigenvalue weighted by Crippen LogP contribution is 2.43. The summed E-state index contributed by atoms with van der Waals surface area (Å²) in [6.45, 7) is 13.5. The molecule has 2 atom stereocenters. The fourth-order valence-electron chi connectivity index (χ4n) is 4.62. The largest absolute Gasteiger partial charge is 0.560 e. The molecule has 1 saturated heterocycles. The molecule has 2 unspecified atom stereocenters. The van der Waals surface area contributed by atoms with Gasteiger partial charge in [-0.05, 0) is 56.0 Å². The van der Waals surface area contributed by atoms with Gasteiger partial charge < -0.3 is 19.3 Å². The molecule has 0 spiro atoms. The highest BCUT2D eigenvalue weighted by atomic mass is 28.4. The lowest BCUT2D eigenvalue weighted by molar-refractivity contribution is -0.123. The van der Waals surface area contributed by atoms with Crippen molar-refractivity contribution in [2.45, 2.75) is 70.1 Å². The number of nitrogens with zero attached hydrogens (tertiary/aromatic N) is 4. The topological polar surface area (TPSA) is 92.0 Å². The first-order chi connectivity index (χ1) is 17.4. The van der Waals surface area contributed by atoms with Crippen molar-refractivity contribution in [2.75, 3.05) is 26.2 Å². The first kappa shape index (κ1) is 29.1. The van der Waals surface area contributed by atoms with Gasteiger partial charge in [0.05, 0.1) is 18.3 Å². The number of imidazole rings is 1. The zero-order valence-electron chi connectivity index (χ0n) is 23.6. The summed E-state index contributed by atoms with van der Waals surface area (Å²) in [5.41, 5.74) is 3.15. The van der Waals surface area contributed by atoms with Crippen LogP contribution in [0, 0.1) is 0 Å². The highest BCUT2D eigenvalue weighted by molar-refractivity contribution is 6.72. The number of likely N-dealkylation sites (tertiary alicyclic amines) is 1. The number of aromatic nitrogens is 2. The maximum absolute atomic E-state index is 12.2. The van der Waals surface area contributed by atoms with Crippen molar-refractivity contribution in [3.63, 3.8) is 0 Å². The zero-order valence-corrected chi connectivity index (χ0v) is 24.6. The number of hydrogen-bond donors (Lipinski definition) is 2. The van der Waals surface area contributed by atoms with Crippen LogP contribution in [0.4, 0.5) is 0 Å². The lowest BCUT2D eigenvalue weighted by Gasteiger charge is -2.36. The molecular weight excluding hydrogens is 481 g/mol. The van der Waals surface area contributed by atoms with Crippen LogP contribution >= 0.6 is 0 Å². The number of benzene rings is 1. The Morgan fingerprint density at radius 3 is 2.57 bits per heavy atom. The maximum atomic E-state index is 12.2.